The minimum atomic E-state index is -1.28. The number of fused-ring (bicyclic) bond motifs is 3. The molecule has 0 spiro atoms. The second-order valence-electron chi connectivity index (χ2n) is 6.23. The Balaban J connectivity index is 2.03. The fourth-order valence-corrected chi connectivity index (χ4v) is 3.85. The number of Topliss-reactive ketones (excluding diaryl/α,β-unsaturated/α-hetero) is 1. The van der Waals surface area contributed by atoms with Gasteiger partial charge in [-0.25, -0.2) is 0 Å². The lowest BCUT2D eigenvalue weighted by Gasteiger charge is -2.33. The van der Waals surface area contributed by atoms with Gasteiger partial charge < -0.3 is 14.2 Å². The van der Waals surface area contributed by atoms with E-state index in [1.165, 1.54) is 7.11 Å². The summed E-state index contributed by atoms with van der Waals surface area (Å²) < 4.78 is 17.8. The number of hydrogen-bond acceptors (Lipinski definition) is 4. The zero-order valence-electron chi connectivity index (χ0n) is 13.3. The molecule has 0 unspecified atom stereocenters. The number of carbonyl (C=O) groups is 1. The van der Waals surface area contributed by atoms with Gasteiger partial charge in [0.15, 0.2) is 5.60 Å². The van der Waals surface area contributed by atoms with Gasteiger partial charge >= 0.3 is 0 Å². The molecule has 0 bridgehead atoms. The molecule has 2 aromatic carbocycles. The van der Waals surface area contributed by atoms with Crippen molar-refractivity contribution >= 4 is 5.78 Å². The number of carbonyl (C=O) groups excluding carboxylic acids is 1. The maximum Gasteiger partial charge on any atom is 0.282 e. The minimum Gasteiger partial charge on any atom is -0.331 e. The molecule has 1 aliphatic carbocycles. The van der Waals surface area contributed by atoms with Crippen LogP contribution in [-0.4, -0.2) is 18.9 Å². The summed E-state index contributed by atoms with van der Waals surface area (Å²) in [5.41, 5.74) is 0.0336. The standard InChI is InChI=1S/C19H18O4/c1-17-15-12-8-7-11-14(15)16(20)19(17,13-9-5-4-6-10-13)23-18(2,21-3)22-17/h4-12H,1-3H3/t17-,18-,19-/m0/s1. The molecule has 4 nitrogen and oxygen atoms in total. The van der Waals surface area contributed by atoms with Gasteiger partial charge in [-0.05, 0) is 18.1 Å². The van der Waals surface area contributed by atoms with E-state index in [0.29, 0.717) is 5.56 Å². The quantitative estimate of drug-likeness (QED) is 0.853. The first-order valence-corrected chi connectivity index (χ1v) is 7.62. The fourth-order valence-electron chi connectivity index (χ4n) is 3.85. The van der Waals surface area contributed by atoms with E-state index in [4.69, 9.17) is 14.2 Å². The minimum absolute atomic E-state index is 0.0948. The van der Waals surface area contributed by atoms with Crippen molar-refractivity contribution in [2.45, 2.75) is 31.0 Å². The molecular weight excluding hydrogens is 292 g/mol. The second-order valence-corrected chi connectivity index (χ2v) is 6.23. The van der Waals surface area contributed by atoms with Gasteiger partial charge in [0, 0.05) is 19.6 Å². The normalized spacial score (nSPS) is 35.2. The van der Waals surface area contributed by atoms with Crippen molar-refractivity contribution in [3.63, 3.8) is 0 Å². The topological polar surface area (TPSA) is 44.8 Å². The van der Waals surface area contributed by atoms with Crippen LogP contribution in [0.2, 0.25) is 0 Å². The number of rotatable bonds is 2. The fraction of sp³-hybridized carbons (Fsp3) is 0.316. The molecule has 2 aliphatic rings. The van der Waals surface area contributed by atoms with E-state index >= 15 is 0 Å². The van der Waals surface area contributed by atoms with Crippen molar-refractivity contribution in [2.75, 3.05) is 7.11 Å². The molecule has 3 atom stereocenters. The Hall–Kier alpha value is -2.01. The third-order valence-electron chi connectivity index (χ3n) is 4.96. The van der Waals surface area contributed by atoms with E-state index in [1.54, 1.807) is 6.92 Å². The summed E-state index contributed by atoms with van der Waals surface area (Å²) in [5.74, 6) is -1.38. The average Bonchev–Trinajstić information content (AvgIpc) is 2.94. The van der Waals surface area contributed by atoms with Crippen molar-refractivity contribution in [2.24, 2.45) is 0 Å². The summed E-state index contributed by atoms with van der Waals surface area (Å²) in [7, 11) is 1.51. The van der Waals surface area contributed by atoms with Gasteiger partial charge in [-0.15, -0.1) is 0 Å². The van der Waals surface area contributed by atoms with Crippen LogP contribution in [0, 0.1) is 0 Å². The third kappa shape index (κ3) is 1.63. The molecule has 23 heavy (non-hydrogen) atoms. The summed E-state index contributed by atoms with van der Waals surface area (Å²) in [6.45, 7) is 3.59. The van der Waals surface area contributed by atoms with Gasteiger partial charge in [0.25, 0.3) is 5.97 Å². The number of ketones is 1. The molecule has 118 valence electrons. The highest BCUT2D eigenvalue weighted by Gasteiger charge is 2.72. The van der Waals surface area contributed by atoms with E-state index in [0.717, 1.165) is 11.1 Å². The molecule has 1 aliphatic heterocycles. The highest BCUT2D eigenvalue weighted by molar-refractivity contribution is 6.09. The van der Waals surface area contributed by atoms with E-state index in [2.05, 4.69) is 0 Å². The lowest BCUT2D eigenvalue weighted by Crippen LogP contribution is -2.45. The molecule has 4 rings (SSSR count). The van der Waals surface area contributed by atoms with Crippen LogP contribution in [0.5, 0.6) is 0 Å². The van der Waals surface area contributed by atoms with Crippen LogP contribution in [0.25, 0.3) is 0 Å². The summed E-state index contributed by atoms with van der Waals surface area (Å²) in [6.07, 6.45) is 0. The largest absolute Gasteiger partial charge is 0.331 e. The Morgan fingerprint density at radius 3 is 2.26 bits per heavy atom. The molecular formula is C19H18O4. The molecule has 1 fully saturated rings. The van der Waals surface area contributed by atoms with E-state index < -0.39 is 17.2 Å². The number of methoxy groups -OCH3 is 1. The van der Waals surface area contributed by atoms with Gasteiger partial charge in [0.05, 0.1) is 0 Å². The Morgan fingerprint density at radius 2 is 1.57 bits per heavy atom. The van der Waals surface area contributed by atoms with Crippen LogP contribution in [0.1, 0.15) is 35.3 Å². The molecule has 4 heteroatoms. The van der Waals surface area contributed by atoms with E-state index in [1.807, 2.05) is 61.5 Å². The van der Waals surface area contributed by atoms with E-state index in [9.17, 15) is 4.79 Å². The number of ether oxygens (including phenoxy) is 3. The number of benzene rings is 2. The van der Waals surface area contributed by atoms with Gasteiger partial charge in [-0.1, -0.05) is 54.6 Å². The highest BCUT2D eigenvalue weighted by Crippen LogP contribution is 2.61. The van der Waals surface area contributed by atoms with Crippen molar-refractivity contribution in [3.8, 4) is 0 Å². The zero-order chi connectivity index (χ0) is 16.3. The molecule has 0 N–H and O–H groups in total. The van der Waals surface area contributed by atoms with Crippen LogP contribution >= 0.6 is 0 Å². The SMILES string of the molecule is CO[C@@]1(C)O[C@@]2(C)c3ccccc3C(=O)[C@]2(c2ccccc2)O1. The predicted octanol–water partition coefficient (Wildman–Crippen LogP) is 3.36. The average molecular weight is 310 g/mol. The van der Waals surface area contributed by atoms with E-state index in [-0.39, 0.29) is 5.78 Å². The smallest absolute Gasteiger partial charge is 0.282 e. The Labute approximate surface area is 135 Å². The summed E-state index contributed by atoms with van der Waals surface area (Å²) in [6, 6.07) is 17.0. The molecule has 2 aromatic rings. The maximum absolute atomic E-state index is 13.3. The molecule has 1 saturated heterocycles. The molecule has 1 heterocycles. The molecule has 0 saturated carbocycles. The Morgan fingerprint density at radius 1 is 0.913 bits per heavy atom. The van der Waals surface area contributed by atoms with Crippen LogP contribution in [-0.2, 0) is 25.4 Å². The first kappa shape index (κ1) is 14.6. The maximum atomic E-state index is 13.3. The first-order chi connectivity index (χ1) is 11.0. The zero-order valence-corrected chi connectivity index (χ0v) is 13.3. The Kier molecular flexibility index (Phi) is 2.86. The van der Waals surface area contributed by atoms with Crippen molar-refractivity contribution < 1.29 is 19.0 Å². The second kappa shape index (κ2) is 4.51. The van der Waals surface area contributed by atoms with Gasteiger partial charge in [0.2, 0.25) is 5.78 Å². The van der Waals surface area contributed by atoms with Gasteiger partial charge in [-0.3, -0.25) is 4.79 Å². The molecule has 0 radical (unpaired) electrons. The van der Waals surface area contributed by atoms with Crippen LogP contribution in [0.3, 0.4) is 0 Å². The van der Waals surface area contributed by atoms with Crippen LogP contribution < -0.4 is 0 Å². The van der Waals surface area contributed by atoms with Gasteiger partial charge in [0.1, 0.15) is 5.60 Å². The van der Waals surface area contributed by atoms with Gasteiger partial charge in [-0.2, -0.15) is 0 Å². The predicted molar refractivity (Wildman–Crippen MR) is 83.8 cm³/mol. The monoisotopic (exact) mass is 310 g/mol. The molecule has 0 amide bonds. The summed E-state index contributed by atoms with van der Waals surface area (Å²) >= 11 is 0. The highest BCUT2D eigenvalue weighted by atomic mass is 16.9. The Bertz CT molecular complexity index is 787. The first-order valence-electron chi connectivity index (χ1n) is 7.62. The van der Waals surface area contributed by atoms with Crippen molar-refractivity contribution in [1.82, 2.24) is 0 Å². The van der Waals surface area contributed by atoms with Crippen LogP contribution in [0.15, 0.2) is 54.6 Å². The molecule has 0 aromatic heterocycles. The number of hydrogen-bond donors (Lipinski definition) is 0. The summed E-state index contributed by atoms with van der Waals surface area (Å²) in [5, 5.41) is 0. The lowest BCUT2D eigenvalue weighted by molar-refractivity contribution is -0.330. The van der Waals surface area contributed by atoms with Crippen LogP contribution in [0.4, 0.5) is 0 Å². The third-order valence-corrected chi connectivity index (χ3v) is 4.96. The summed E-state index contributed by atoms with van der Waals surface area (Å²) in [4.78, 5) is 13.3. The van der Waals surface area contributed by atoms with Crippen molar-refractivity contribution in [3.05, 3.63) is 71.3 Å². The lowest BCUT2D eigenvalue weighted by atomic mass is 9.79. The van der Waals surface area contributed by atoms with Crippen molar-refractivity contribution in [1.29, 1.82) is 0 Å².